The molecule has 0 saturated heterocycles. The lowest BCUT2D eigenvalue weighted by Gasteiger charge is -2.12. The van der Waals surface area contributed by atoms with Gasteiger partial charge >= 0.3 is 5.97 Å². The fraction of sp³-hybridized carbons (Fsp3) is 0.235. The largest absolute Gasteiger partial charge is 0.497 e. The van der Waals surface area contributed by atoms with Crippen molar-refractivity contribution >= 4 is 23.3 Å². The Morgan fingerprint density at radius 1 is 1.09 bits per heavy atom. The molecule has 0 heterocycles. The molecule has 0 aliphatic rings. The van der Waals surface area contributed by atoms with Gasteiger partial charge in [-0.15, -0.1) is 0 Å². The molecule has 0 amide bonds. The molecular weight excluding hydrogens is 318 g/mol. The zero-order chi connectivity index (χ0) is 16.7. The fourth-order valence-electron chi connectivity index (χ4n) is 1.98. The molecule has 5 nitrogen and oxygen atoms in total. The molecule has 2 rings (SSSR count). The topological polar surface area (TPSA) is 56.8 Å². The van der Waals surface area contributed by atoms with Crippen LogP contribution in [-0.4, -0.2) is 33.3 Å². The summed E-state index contributed by atoms with van der Waals surface area (Å²) < 4.78 is 15.5. The zero-order valence-electron chi connectivity index (χ0n) is 13.0. The second kappa shape index (κ2) is 8.29. The SMILES string of the molecule is COC(=O)c1cc(Cl)ccc1NCCOc1ccc(OC)cc1. The second-order valence-corrected chi connectivity index (χ2v) is 5.07. The molecule has 0 unspecified atom stereocenters. The first-order chi connectivity index (χ1) is 11.1. The Hall–Kier alpha value is -2.40. The highest BCUT2D eigenvalue weighted by Gasteiger charge is 2.12. The summed E-state index contributed by atoms with van der Waals surface area (Å²) in [4.78, 5) is 11.7. The molecule has 0 spiro atoms. The first kappa shape index (κ1) is 17.0. The van der Waals surface area contributed by atoms with Crippen LogP contribution in [0.4, 0.5) is 5.69 Å². The highest BCUT2D eigenvalue weighted by atomic mass is 35.5. The van der Waals surface area contributed by atoms with E-state index in [1.165, 1.54) is 7.11 Å². The molecule has 0 aliphatic heterocycles. The molecule has 0 aliphatic carbocycles. The van der Waals surface area contributed by atoms with Gasteiger partial charge in [0.05, 0.1) is 19.8 Å². The van der Waals surface area contributed by atoms with E-state index in [-0.39, 0.29) is 0 Å². The van der Waals surface area contributed by atoms with Crippen molar-refractivity contribution in [2.24, 2.45) is 0 Å². The van der Waals surface area contributed by atoms with Crippen LogP contribution < -0.4 is 14.8 Å². The number of methoxy groups -OCH3 is 2. The van der Waals surface area contributed by atoms with Crippen LogP contribution >= 0.6 is 11.6 Å². The quantitative estimate of drug-likeness (QED) is 0.618. The van der Waals surface area contributed by atoms with Gasteiger partial charge in [0.15, 0.2) is 0 Å². The van der Waals surface area contributed by atoms with Gasteiger partial charge < -0.3 is 19.5 Å². The number of carbonyl (C=O) groups excluding carboxylic acids is 1. The highest BCUT2D eigenvalue weighted by molar-refractivity contribution is 6.31. The van der Waals surface area contributed by atoms with Gasteiger partial charge in [0.25, 0.3) is 0 Å². The summed E-state index contributed by atoms with van der Waals surface area (Å²) in [7, 11) is 2.95. The van der Waals surface area contributed by atoms with Crippen LogP contribution in [0.15, 0.2) is 42.5 Å². The number of rotatable bonds is 7. The number of esters is 1. The molecule has 1 N–H and O–H groups in total. The number of halogens is 1. The minimum Gasteiger partial charge on any atom is -0.497 e. The lowest BCUT2D eigenvalue weighted by atomic mass is 10.2. The first-order valence-corrected chi connectivity index (χ1v) is 7.40. The van der Waals surface area contributed by atoms with E-state index in [0.717, 1.165) is 11.5 Å². The zero-order valence-corrected chi connectivity index (χ0v) is 13.7. The molecule has 0 saturated carbocycles. The van der Waals surface area contributed by atoms with Crippen molar-refractivity contribution in [3.05, 3.63) is 53.1 Å². The van der Waals surface area contributed by atoms with Crippen molar-refractivity contribution < 1.29 is 19.0 Å². The number of anilines is 1. The molecule has 122 valence electrons. The van der Waals surface area contributed by atoms with Crippen molar-refractivity contribution in [2.75, 3.05) is 32.7 Å². The number of hydrogen-bond acceptors (Lipinski definition) is 5. The van der Waals surface area contributed by atoms with Gasteiger partial charge in [0.2, 0.25) is 0 Å². The number of benzene rings is 2. The summed E-state index contributed by atoms with van der Waals surface area (Å²) in [5.41, 5.74) is 1.05. The monoisotopic (exact) mass is 335 g/mol. The van der Waals surface area contributed by atoms with Crippen molar-refractivity contribution in [3.8, 4) is 11.5 Å². The molecule has 0 radical (unpaired) electrons. The third-order valence-corrected chi connectivity index (χ3v) is 3.37. The Kier molecular flexibility index (Phi) is 6.11. The lowest BCUT2D eigenvalue weighted by Crippen LogP contribution is -2.14. The number of ether oxygens (including phenoxy) is 3. The van der Waals surface area contributed by atoms with Crippen LogP contribution in [0.1, 0.15) is 10.4 Å². The first-order valence-electron chi connectivity index (χ1n) is 7.02. The summed E-state index contributed by atoms with van der Waals surface area (Å²) in [6, 6.07) is 12.3. The average Bonchev–Trinajstić information content (AvgIpc) is 2.59. The average molecular weight is 336 g/mol. The summed E-state index contributed by atoms with van der Waals surface area (Å²) in [6.07, 6.45) is 0. The summed E-state index contributed by atoms with van der Waals surface area (Å²) in [5.74, 6) is 1.09. The van der Waals surface area contributed by atoms with Crippen LogP contribution in [-0.2, 0) is 4.74 Å². The Morgan fingerprint density at radius 3 is 2.43 bits per heavy atom. The number of carbonyl (C=O) groups is 1. The van der Waals surface area contributed by atoms with Gasteiger partial charge in [-0.2, -0.15) is 0 Å². The Morgan fingerprint density at radius 2 is 1.78 bits per heavy atom. The van der Waals surface area contributed by atoms with E-state index in [4.69, 9.17) is 25.8 Å². The second-order valence-electron chi connectivity index (χ2n) is 4.63. The van der Waals surface area contributed by atoms with Crippen molar-refractivity contribution in [2.45, 2.75) is 0 Å². The smallest absolute Gasteiger partial charge is 0.340 e. The van der Waals surface area contributed by atoms with Crippen molar-refractivity contribution in [1.82, 2.24) is 0 Å². The molecule has 0 fully saturated rings. The summed E-state index contributed by atoms with van der Waals surface area (Å²) in [6.45, 7) is 0.965. The lowest BCUT2D eigenvalue weighted by molar-refractivity contribution is 0.0602. The van der Waals surface area contributed by atoms with Gasteiger partial charge in [-0.3, -0.25) is 0 Å². The minimum atomic E-state index is -0.439. The van der Waals surface area contributed by atoms with Crippen LogP contribution in [0.2, 0.25) is 5.02 Å². The van der Waals surface area contributed by atoms with Gasteiger partial charge in [0, 0.05) is 17.3 Å². The van der Waals surface area contributed by atoms with E-state index < -0.39 is 5.97 Å². The van der Waals surface area contributed by atoms with Crippen molar-refractivity contribution in [3.63, 3.8) is 0 Å². The predicted octanol–water partition coefficient (Wildman–Crippen LogP) is 3.63. The van der Waals surface area contributed by atoms with E-state index in [1.807, 2.05) is 24.3 Å². The van der Waals surface area contributed by atoms with Gasteiger partial charge in [0.1, 0.15) is 18.1 Å². The van der Waals surface area contributed by atoms with E-state index in [0.29, 0.717) is 29.4 Å². The van der Waals surface area contributed by atoms with Crippen LogP contribution in [0, 0.1) is 0 Å². The maximum atomic E-state index is 11.7. The Labute approximate surface area is 140 Å². The van der Waals surface area contributed by atoms with E-state index >= 15 is 0 Å². The third kappa shape index (κ3) is 4.79. The summed E-state index contributed by atoms with van der Waals surface area (Å²) in [5, 5.41) is 3.62. The third-order valence-electron chi connectivity index (χ3n) is 3.13. The van der Waals surface area contributed by atoms with Gasteiger partial charge in [-0.05, 0) is 42.5 Å². The predicted molar refractivity (Wildman–Crippen MR) is 89.8 cm³/mol. The van der Waals surface area contributed by atoms with Crippen molar-refractivity contribution in [1.29, 1.82) is 0 Å². The normalized spacial score (nSPS) is 10.0. The van der Waals surface area contributed by atoms with Crippen LogP contribution in [0.5, 0.6) is 11.5 Å². The van der Waals surface area contributed by atoms with Crippen LogP contribution in [0.25, 0.3) is 0 Å². The maximum Gasteiger partial charge on any atom is 0.340 e. The Balaban J connectivity index is 1.89. The van der Waals surface area contributed by atoms with E-state index in [9.17, 15) is 4.79 Å². The maximum absolute atomic E-state index is 11.7. The molecular formula is C17H18ClNO4. The Bertz CT molecular complexity index is 658. The fourth-order valence-corrected chi connectivity index (χ4v) is 2.15. The van der Waals surface area contributed by atoms with E-state index in [1.54, 1.807) is 25.3 Å². The molecule has 0 atom stereocenters. The van der Waals surface area contributed by atoms with Gasteiger partial charge in [-0.1, -0.05) is 11.6 Å². The van der Waals surface area contributed by atoms with E-state index in [2.05, 4.69) is 5.32 Å². The standard InChI is InChI=1S/C17H18ClNO4/c1-21-13-4-6-14(7-5-13)23-10-9-19-16-8-3-12(18)11-15(16)17(20)22-2/h3-8,11,19H,9-10H2,1-2H3. The summed E-state index contributed by atoms with van der Waals surface area (Å²) >= 11 is 5.91. The molecule has 6 heteroatoms. The molecule has 23 heavy (non-hydrogen) atoms. The van der Waals surface area contributed by atoms with Crippen LogP contribution in [0.3, 0.4) is 0 Å². The molecule has 0 aromatic heterocycles. The molecule has 2 aromatic carbocycles. The number of nitrogens with one attached hydrogen (secondary N) is 1. The molecule has 0 bridgehead atoms. The highest BCUT2D eigenvalue weighted by Crippen LogP contribution is 2.21. The minimum absolute atomic E-state index is 0.393. The number of hydrogen-bond donors (Lipinski definition) is 1. The van der Waals surface area contributed by atoms with Gasteiger partial charge in [-0.25, -0.2) is 4.79 Å². The molecule has 2 aromatic rings.